The van der Waals surface area contributed by atoms with Crippen LogP contribution in [0.2, 0.25) is 0 Å². The largest absolute Gasteiger partial charge is 0.481 e. The molecule has 4 heterocycles. The highest BCUT2D eigenvalue weighted by atomic mass is 16.5. The molecular weight excluding hydrogens is 382 g/mol. The van der Waals surface area contributed by atoms with Crippen LogP contribution in [0.25, 0.3) is 0 Å². The van der Waals surface area contributed by atoms with Gasteiger partial charge in [0.1, 0.15) is 11.6 Å². The van der Waals surface area contributed by atoms with Crippen LogP contribution in [0.15, 0.2) is 24.5 Å². The van der Waals surface area contributed by atoms with E-state index in [-0.39, 0.29) is 18.6 Å². The van der Waals surface area contributed by atoms with Crippen molar-refractivity contribution in [3.63, 3.8) is 0 Å². The zero-order valence-electron chi connectivity index (χ0n) is 17.4. The highest BCUT2D eigenvalue weighted by Gasteiger charge is 2.35. The molecule has 2 aliphatic rings. The summed E-state index contributed by atoms with van der Waals surface area (Å²) in [5.74, 6) is 0.901. The summed E-state index contributed by atoms with van der Waals surface area (Å²) >= 11 is 0. The summed E-state index contributed by atoms with van der Waals surface area (Å²) in [4.78, 5) is 26.6. The molecule has 0 bridgehead atoms. The van der Waals surface area contributed by atoms with Gasteiger partial charge in [-0.1, -0.05) is 6.07 Å². The van der Waals surface area contributed by atoms with Gasteiger partial charge >= 0.3 is 5.97 Å². The monoisotopic (exact) mass is 411 g/mol. The van der Waals surface area contributed by atoms with Gasteiger partial charge in [-0.15, -0.1) is 0 Å². The van der Waals surface area contributed by atoms with Gasteiger partial charge in [-0.05, 0) is 44.2 Å². The summed E-state index contributed by atoms with van der Waals surface area (Å²) in [6.07, 6.45) is 7.73. The molecule has 0 aromatic carbocycles. The Morgan fingerprint density at radius 1 is 1.33 bits per heavy atom. The van der Waals surface area contributed by atoms with E-state index < -0.39 is 5.97 Å². The minimum Gasteiger partial charge on any atom is -0.481 e. The SMILES string of the molecule is Cc1ncc(C(CC(=O)O)N2CC(OCCCc3ccc4c(n3)NCCC4)C2)cn1. The number of likely N-dealkylation sites (tertiary alicyclic amines) is 1. The number of rotatable bonds is 9. The minimum atomic E-state index is -0.822. The van der Waals surface area contributed by atoms with Crippen molar-refractivity contribution in [2.24, 2.45) is 0 Å². The highest BCUT2D eigenvalue weighted by Crippen LogP contribution is 2.29. The van der Waals surface area contributed by atoms with Gasteiger partial charge in [-0.2, -0.15) is 0 Å². The Balaban J connectivity index is 1.21. The van der Waals surface area contributed by atoms with Crippen LogP contribution in [-0.4, -0.2) is 63.3 Å². The first-order chi connectivity index (χ1) is 14.6. The van der Waals surface area contributed by atoms with Crippen LogP contribution in [0.1, 0.15) is 47.9 Å². The van der Waals surface area contributed by atoms with Gasteiger partial charge in [-0.25, -0.2) is 15.0 Å². The van der Waals surface area contributed by atoms with E-state index in [1.807, 2.05) is 6.92 Å². The maximum atomic E-state index is 11.3. The number of aromatic nitrogens is 3. The van der Waals surface area contributed by atoms with Gasteiger partial charge in [0.05, 0.1) is 12.5 Å². The third-order valence-corrected chi connectivity index (χ3v) is 5.75. The van der Waals surface area contributed by atoms with E-state index >= 15 is 0 Å². The lowest BCUT2D eigenvalue weighted by atomic mass is 10.00. The molecule has 0 amide bonds. The number of fused-ring (bicyclic) bond motifs is 1. The number of carboxylic acids is 1. The van der Waals surface area contributed by atoms with Crippen LogP contribution >= 0.6 is 0 Å². The molecule has 0 radical (unpaired) electrons. The molecule has 160 valence electrons. The quantitative estimate of drug-likeness (QED) is 0.607. The number of carbonyl (C=O) groups is 1. The molecule has 0 spiro atoms. The third-order valence-electron chi connectivity index (χ3n) is 5.75. The van der Waals surface area contributed by atoms with Gasteiger partial charge in [-0.3, -0.25) is 9.69 Å². The number of hydrogen-bond acceptors (Lipinski definition) is 7. The van der Waals surface area contributed by atoms with Crippen LogP contribution in [0, 0.1) is 6.92 Å². The molecule has 0 aliphatic carbocycles. The Bertz CT molecular complexity index is 868. The molecule has 1 saturated heterocycles. The van der Waals surface area contributed by atoms with Crippen LogP contribution in [0.5, 0.6) is 0 Å². The van der Waals surface area contributed by atoms with Crippen LogP contribution in [-0.2, 0) is 22.4 Å². The zero-order chi connectivity index (χ0) is 20.9. The molecule has 8 nitrogen and oxygen atoms in total. The Kier molecular flexibility index (Phi) is 6.54. The number of hydrogen-bond donors (Lipinski definition) is 2. The predicted octanol–water partition coefficient (Wildman–Crippen LogP) is 2.39. The Morgan fingerprint density at radius 3 is 2.90 bits per heavy atom. The second-order valence-electron chi connectivity index (χ2n) is 8.07. The Hall–Kier alpha value is -2.58. The van der Waals surface area contributed by atoms with Crippen LogP contribution in [0.4, 0.5) is 5.82 Å². The molecule has 8 heteroatoms. The number of carboxylic acid groups (broad SMARTS) is 1. The lowest BCUT2D eigenvalue weighted by Gasteiger charge is -2.43. The smallest absolute Gasteiger partial charge is 0.305 e. The summed E-state index contributed by atoms with van der Waals surface area (Å²) in [5, 5.41) is 12.7. The van der Waals surface area contributed by atoms with E-state index in [1.54, 1.807) is 12.4 Å². The van der Waals surface area contributed by atoms with Crippen molar-refractivity contribution in [2.45, 2.75) is 51.2 Å². The summed E-state index contributed by atoms with van der Waals surface area (Å²) in [6, 6.07) is 4.10. The minimum absolute atomic E-state index is 0.0389. The van der Waals surface area contributed by atoms with Crippen molar-refractivity contribution in [1.82, 2.24) is 19.9 Å². The fraction of sp³-hybridized carbons (Fsp3) is 0.545. The van der Waals surface area contributed by atoms with Crippen molar-refractivity contribution in [1.29, 1.82) is 0 Å². The summed E-state index contributed by atoms with van der Waals surface area (Å²) in [7, 11) is 0. The Labute approximate surface area is 176 Å². The fourth-order valence-electron chi connectivity index (χ4n) is 4.04. The number of anilines is 1. The average Bonchev–Trinajstić information content (AvgIpc) is 2.71. The van der Waals surface area contributed by atoms with Crippen molar-refractivity contribution in [2.75, 3.05) is 31.6 Å². The highest BCUT2D eigenvalue weighted by molar-refractivity contribution is 5.67. The van der Waals surface area contributed by atoms with E-state index in [0.29, 0.717) is 12.4 Å². The molecule has 1 atom stereocenters. The molecular formula is C22H29N5O3. The molecule has 2 aliphatic heterocycles. The predicted molar refractivity (Wildman–Crippen MR) is 112 cm³/mol. The van der Waals surface area contributed by atoms with Crippen LogP contribution in [0.3, 0.4) is 0 Å². The van der Waals surface area contributed by atoms with Gasteiger partial charge < -0.3 is 15.2 Å². The zero-order valence-corrected chi connectivity index (χ0v) is 17.4. The molecule has 1 unspecified atom stereocenters. The average molecular weight is 412 g/mol. The number of pyridine rings is 1. The lowest BCUT2D eigenvalue weighted by Crippen LogP contribution is -2.53. The number of nitrogens with zero attached hydrogens (tertiary/aromatic N) is 4. The first kappa shape index (κ1) is 20.7. The maximum Gasteiger partial charge on any atom is 0.305 e. The second-order valence-corrected chi connectivity index (χ2v) is 8.07. The van der Waals surface area contributed by atoms with Gasteiger partial charge in [0, 0.05) is 55.9 Å². The number of ether oxygens (including phenoxy) is 1. The van der Waals surface area contributed by atoms with E-state index in [9.17, 15) is 9.90 Å². The van der Waals surface area contributed by atoms with Gasteiger partial charge in [0.25, 0.3) is 0 Å². The van der Waals surface area contributed by atoms with Crippen LogP contribution < -0.4 is 5.32 Å². The van der Waals surface area contributed by atoms with Crippen molar-refractivity contribution < 1.29 is 14.6 Å². The second kappa shape index (κ2) is 9.49. The van der Waals surface area contributed by atoms with Gasteiger partial charge in [0.15, 0.2) is 0 Å². The number of aryl methyl sites for hydroxylation is 3. The number of nitrogens with one attached hydrogen (secondary N) is 1. The summed E-state index contributed by atoms with van der Waals surface area (Å²) < 4.78 is 5.99. The first-order valence-electron chi connectivity index (χ1n) is 10.7. The molecule has 2 N–H and O–H groups in total. The van der Waals surface area contributed by atoms with E-state index in [4.69, 9.17) is 9.72 Å². The molecule has 30 heavy (non-hydrogen) atoms. The standard InChI is InChI=1S/C22H29N5O3/c1-15-24-11-17(12-25-15)20(10-21(28)29)27-13-19(14-27)30-9-3-5-18-7-6-16-4-2-8-23-22(16)26-18/h6-7,11-12,19-20H,2-5,8-10,13-14H2,1H3,(H,23,26)(H,28,29). The van der Waals surface area contributed by atoms with Crippen molar-refractivity contribution in [3.05, 3.63) is 47.2 Å². The van der Waals surface area contributed by atoms with Crippen molar-refractivity contribution in [3.8, 4) is 0 Å². The lowest BCUT2D eigenvalue weighted by molar-refractivity contribution is -0.140. The first-order valence-corrected chi connectivity index (χ1v) is 10.7. The van der Waals surface area contributed by atoms with Crippen molar-refractivity contribution >= 4 is 11.8 Å². The molecule has 4 rings (SSSR count). The van der Waals surface area contributed by atoms with Gasteiger partial charge in [0.2, 0.25) is 0 Å². The Morgan fingerprint density at radius 2 is 2.13 bits per heavy atom. The summed E-state index contributed by atoms with van der Waals surface area (Å²) in [5.41, 5.74) is 3.25. The third kappa shape index (κ3) is 5.12. The maximum absolute atomic E-state index is 11.3. The normalized spacial score (nSPS) is 17.6. The molecule has 0 saturated carbocycles. The molecule has 1 fully saturated rings. The fourth-order valence-corrected chi connectivity index (χ4v) is 4.04. The van der Waals surface area contributed by atoms with E-state index in [1.165, 1.54) is 12.0 Å². The molecule has 2 aromatic heterocycles. The van der Waals surface area contributed by atoms with E-state index in [0.717, 1.165) is 56.0 Å². The topological polar surface area (TPSA) is 100 Å². The molecule has 2 aromatic rings. The number of aliphatic carboxylic acids is 1. The van der Waals surface area contributed by atoms with E-state index in [2.05, 4.69) is 32.3 Å². The summed E-state index contributed by atoms with van der Waals surface area (Å²) in [6.45, 7) is 4.96.